The normalized spacial score (nSPS) is 11.6. The molecule has 6 rings (SSSR count). The number of hydrogen-bond donors (Lipinski definition) is 4. The Hall–Kier alpha value is -7.45. The highest BCUT2D eigenvalue weighted by atomic mass is 127. The third kappa shape index (κ3) is 17.6. The molecule has 0 unspecified atom stereocenters. The molecule has 0 aliphatic rings. The smallest absolute Gasteiger partial charge is 0.508 e. The minimum Gasteiger partial charge on any atom is -0.508 e. The molecule has 0 aliphatic carbocycles. The minimum absolute atomic E-state index is 0.0238. The van der Waals surface area contributed by atoms with E-state index in [1.807, 2.05) is 13.0 Å². The maximum Gasteiger partial charge on any atom is 0.573 e. The molecule has 0 aliphatic heterocycles. The lowest BCUT2D eigenvalue weighted by Gasteiger charge is -2.14. The Morgan fingerprint density at radius 2 is 1.00 bits per heavy atom. The molecule has 6 aromatic rings. The van der Waals surface area contributed by atoms with Crippen molar-refractivity contribution < 1.29 is 75.6 Å². The zero-order valence-corrected chi connectivity index (χ0v) is 39.2. The average Bonchev–Trinajstić information content (AvgIpc) is 3.28. The molecule has 0 aromatic heterocycles. The number of nitrogens with zero attached hydrogens (tertiary/aromatic N) is 4. The molecule has 0 fully saturated rings. The SMILES string of the molecule is C/C(=N\OCc1ccc([N+](=O)[O-])cc1)c1cc(O)c(C)cc1-c1ccc(OC(F)(F)F)cc1.C/C(=N\OCc1ccc([N+](=O)[O-])cc1)c1cc(O)c(C)cc1I.OB(O)c1ccc(OC(F)(F)F)cc1. The molecule has 4 N–H and O–H groups in total. The predicted octanol–water partition coefficient (Wildman–Crippen LogP) is 10.5. The van der Waals surface area contributed by atoms with Crippen molar-refractivity contribution in [1.29, 1.82) is 0 Å². The lowest BCUT2D eigenvalue weighted by molar-refractivity contribution is -0.385. The molecule has 0 saturated heterocycles. The Labute approximate surface area is 408 Å². The van der Waals surface area contributed by atoms with Crippen molar-refractivity contribution in [2.24, 2.45) is 10.3 Å². The van der Waals surface area contributed by atoms with Gasteiger partial charge in [-0.2, -0.15) is 0 Å². The highest BCUT2D eigenvalue weighted by molar-refractivity contribution is 14.1. The Kier molecular flexibility index (Phi) is 19.5. The molecule has 0 amide bonds. The first kappa shape index (κ1) is 55.2. The summed E-state index contributed by atoms with van der Waals surface area (Å²) in [7, 11) is -1.70. The van der Waals surface area contributed by atoms with Crippen molar-refractivity contribution in [3.05, 3.63) is 179 Å². The van der Waals surface area contributed by atoms with Crippen molar-refractivity contribution in [3.63, 3.8) is 0 Å². The van der Waals surface area contributed by atoms with E-state index >= 15 is 0 Å². The fourth-order valence-electron chi connectivity index (χ4n) is 5.78. The molecule has 24 heteroatoms. The molecule has 6 aromatic carbocycles. The van der Waals surface area contributed by atoms with Gasteiger partial charge >= 0.3 is 19.8 Å². The number of phenolic OH excluding ortho intramolecular Hbond substituents is 2. The number of phenols is 2. The number of alkyl halides is 6. The van der Waals surface area contributed by atoms with Gasteiger partial charge in [-0.1, -0.05) is 34.6 Å². The van der Waals surface area contributed by atoms with Crippen LogP contribution in [-0.4, -0.2) is 61.4 Å². The van der Waals surface area contributed by atoms with E-state index in [0.717, 1.165) is 44.5 Å². The molecular weight excluding hydrogens is 1050 g/mol. The lowest BCUT2D eigenvalue weighted by atomic mass is 9.80. The van der Waals surface area contributed by atoms with Gasteiger partial charge < -0.3 is 39.4 Å². The summed E-state index contributed by atoms with van der Waals surface area (Å²) in [4.78, 5) is 31.0. The number of aryl methyl sites for hydroxylation is 2. The van der Waals surface area contributed by atoms with E-state index in [9.17, 15) is 56.8 Å². The van der Waals surface area contributed by atoms with Crippen molar-refractivity contribution in [2.45, 2.75) is 53.6 Å². The minimum atomic E-state index is -4.79. The summed E-state index contributed by atoms with van der Waals surface area (Å²) in [6.07, 6.45) is -9.52. The van der Waals surface area contributed by atoms with Crippen LogP contribution < -0.4 is 14.9 Å². The van der Waals surface area contributed by atoms with E-state index < -0.39 is 35.4 Å². The highest BCUT2D eigenvalue weighted by Gasteiger charge is 2.32. The number of oxime groups is 2. The van der Waals surface area contributed by atoms with Crippen molar-refractivity contribution >= 4 is 58.0 Å². The molecule has 0 atom stereocenters. The number of benzene rings is 6. The summed E-state index contributed by atoms with van der Waals surface area (Å²) >= 11 is 2.18. The number of nitro groups is 2. The first-order chi connectivity index (χ1) is 32.8. The molecule has 368 valence electrons. The van der Waals surface area contributed by atoms with E-state index in [4.69, 9.17) is 19.7 Å². The van der Waals surface area contributed by atoms with Gasteiger partial charge in [0, 0.05) is 39.0 Å². The van der Waals surface area contributed by atoms with Crippen LogP contribution >= 0.6 is 22.6 Å². The number of non-ortho nitro benzene ring substituents is 2. The number of aromatic hydroxyl groups is 2. The van der Waals surface area contributed by atoms with E-state index in [1.54, 1.807) is 57.2 Å². The maximum absolute atomic E-state index is 12.4. The topological polar surface area (TPSA) is 229 Å². The van der Waals surface area contributed by atoms with Crippen LogP contribution in [0, 0.1) is 37.6 Å². The van der Waals surface area contributed by atoms with Gasteiger partial charge in [-0.15, -0.1) is 26.3 Å². The van der Waals surface area contributed by atoms with Gasteiger partial charge in [0.2, 0.25) is 0 Å². The molecule has 0 bridgehead atoms. The van der Waals surface area contributed by atoms with Gasteiger partial charge in [0.15, 0.2) is 0 Å². The van der Waals surface area contributed by atoms with E-state index in [-0.39, 0.29) is 47.3 Å². The fourth-order valence-corrected chi connectivity index (χ4v) is 6.80. The van der Waals surface area contributed by atoms with Crippen molar-refractivity contribution in [3.8, 4) is 34.1 Å². The van der Waals surface area contributed by atoms with Crippen LogP contribution in [0.5, 0.6) is 23.0 Å². The standard InChI is InChI=1S/C23H19F3N2O5.C16H15IN2O4.C7H6BF3O3/c1-14-11-21(17-5-9-19(10-6-17)33-23(24,25)26)20(12-22(14)29)15(2)27-32-13-16-3-7-18(8-4-16)28(30)31;1-10-7-15(17)14(8-16(10)20)11(2)18-23-9-12-3-5-13(6-4-12)19(21)22;9-7(10,11)14-6-3-1-5(2-4-6)8(12)13/h3-12,29H,13H2,1-2H3;3-8,20H,9H2,1-2H3;1-4,12-13H/b27-15+;18-11+;. The Morgan fingerprint density at radius 1 is 0.614 bits per heavy atom. The zero-order valence-electron chi connectivity index (χ0n) is 37.0. The van der Waals surface area contributed by atoms with Gasteiger partial charge in [-0.25, -0.2) is 0 Å². The summed E-state index contributed by atoms with van der Waals surface area (Å²) in [5, 5.41) is 66.7. The Balaban J connectivity index is 0.000000249. The first-order valence-corrected chi connectivity index (χ1v) is 21.1. The maximum atomic E-state index is 12.4. The largest absolute Gasteiger partial charge is 0.573 e. The number of halogens is 7. The molecule has 16 nitrogen and oxygen atoms in total. The third-order valence-electron chi connectivity index (χ3n) is 9.37. The zero-order chi connectivity index (χ0) is 51.9. The molecule has 0 saturated carbocycles. The molecule has 0 heterocycles. The second-order valence-electron chi connectivity index (χ2n) is 14.6. The van der Waals surface area contributed by atoms with E-state index in [1.165, 1.54) is 54.6 Å². The summed E-state index contributed by atoms with van der Waals surface area (Å²) < 4.78 is 80.7. The summed E-state index contributed by atoms with van der Waals surface area (Å²) in [6.45, 7) is 7.25. The van der Waals surface area contributed by atoms with Gasteiger partial charge in [-0.3, -0.25) is 20.2 Å². The van der Waals surface area contributed by atoms with Crippen LogP contribution in [0.2, 0.25) is 0 Å². The molecule has 70 heavy (non-hydrogen) atoms. The second-order valence-corrected chi connectivity index (χ2v) is 15.8. The van der Waals surface area contributed by atoms with Gasteiger partial charge in [-0.05, 0) is 162 Å². The van der Waals surface area contributed by atoms with Crippen LogP contribution in [0.15, 0.2) is 132 Å². The van der Waals surface area contributed by atoms with E-state index in [0.29, 0.717) is 39.2 Å². The van der Waals surface area contributed by atoms with Gasteiger partial charge in [0.05, 0.1) is 21.3 Å². The van der Waals surface area contributed by atoms with Gasteiger partial charge in [0.25, 0.3) is 11.4 Å². The predicted molar refractivity (Wildman–Crippen MR) is 254 cm³/mol. The first-order valence-electron chi connectivity index (χ1n) is 20.0. The fraction of sp³-hybridized carbons (Fsp3) is 0.174. The average molecular weight is 1090 g/mol. The van der Waals surface area contributed by atoms with E-state index in [2.05, 4.69) is 42.4 Å². The Morgan fingerprint density at radius 3 is 1.40 bits per heavy atom. The summed E-state index contributed by atoms with van der Waals surface area (Å²) in [5.74, 6) is -0.511. The van der Waals surface area contributed by atoms with Crippen molar-refractivity contribution in [2.75, 3.05) is 0 Å². The van der Waals surface area contributed by atoms with Gasteiger partial charge in [0.1, 0.15) is 36.2 Å². The molecular formula is C46H40BF6IN4O12. The number of hydrogen-bond acceptors (Lipinski definition) is 14. The summed E-state index contributed by atoms with van der Waals surface area (Å²) in [5.41, 5.74) is 6.53. The molecule has 0 radical (unpaired) electrons. The summed E-state index contributed by atoms with van der Waals surface area (Å²) in [6, 6.07) is 28.3. The van der Waals surface area contributed by atoms with Crippen LogP contribution in [0.1, 0.15) is 47.2 Å². The quantitative estimate of drug-likeness (QED) is 0.0199. The van der Waals surface area contributed by atoms with Crippen LogP contribution in [-0.2, 0) is 22.9 Å². The second kappa shape index (κ2) is 24.7. The third-order valence-corrected chi connectivity index (χ3v) is 10.3. The lowest BCUT2D eigenvalue weighted by Crippen LogP contribution is -2.29. The number of ether oxygens (including phenoxy) is 2. The molecule has 0 spiro atoms. The van der Waals surface area contributed by atoms with Crippen LogP contribution in [0.3, 0.4) is 0 Å². The van der Waals surface area contributed by atoms with Crippen molar-refractivity contribution in [1.82, 2.24) is 0 Å². The number of rotatable bonds is 14. The highest BCUT2D eigenvalue weighted by Crippen LogP contribution is 2.33. The number of nitro benzene ring substituents is 2. The van der Waals surface area contributed by atoms with Crippen LogP contribution in [0.4, 0.5) is 37.7 Å². The van der Waals surface area contributed by atoms with Crippen LogP contribution in [0.25, 0.3) is 11.1 Å². The Bertz CT molecular complexity index is 2800. The monoisotopic (exact) mass is 1090 g/mol.